The maximum atomic E-state index is 11.7. The van der Waals surface area contributed by atoms with E-state index in [-0.39, 0.29) is 12.5 Å². The maximum absolute atomic E-state index is 11.7. The molecule has 1 saturated heterocycles. The molecule has 0 aliphatic carbocycles. The van der Waals surface area contributed by atoms with Gasteiger partial charge in [-0.2, -0.15) is 0 Å². The molecule has 0 atom stereocenters. The Bertz CT molecular complexity index is 440. The number of carbonyl (C=O) groups is 2. The van der Waals surface area contributed by atoms with Crippen molar-refractivity contribution in [1.82, 2.24) is 9.88 Å². The Kier molecular flexibility index (Phi) is 4.38. The van der Waals surface area contributed by atoms with E-state index in [2.05, 4.69) is 20.9 Å². The molecule has 0 bridgehead atoms. The molecular weight excluding hydrogens is 304 g/mol. The van der Waals surface area contributed by atoms with Crippen molar-refractivity contribution in [2.24, 2.45) is 0 Å². The Morgan fingerprint density at radius 3 is 2.78 bits per heavy atom. The molecule has 18 heavy (non-hydrogen) atoms. The first kappa shape index (κ1) is 13.1. The summed E-state index contributed by atoms with van der Waals surface area (Å²) in [5.74, 6) is -0.736. The van der Waals surface area contributed by atoms with Gasteiger partial charge in [0.05, 0.1) is 13.2 Å². The van der Waals surface area contributed by atoms with Crippen LogP contribution in [0.2, 0.25) is 0 Å². The predicted molar refractivity (Wildman–Crippen MR) is 66.2 cm³/mol. The lowest BCUT2D eigenvalue weighted by Crippen LogP contribution is -2.42. The van der Waals surface area contributed by atoms with Crippen molar-refractivity contribution < 1.29 is 19.1 Å². The van der Waals surface area contributed by atoms with E-state index in [9.17, 15) is 9.59 Å². The molecule has 0 aromatic carbocycles. The number of aromatic amines is 1. The van der Waals surface area contributed by atoms with Crippen LogP contribution in [0.5, 0.6) is 0 Å². The lowest BCUT2D eigenvalue weighted by molar-refractivity contribution is -0.138. The average Bonchev–Trinajstić information content (AvgIpc) is 2.83. The molecule has 7 heteroatoms. The lowest BCUT2D eigenvalue weighted by Gasteiger charge is -2.26. The van der Waals surface area contributed by atoms with E-state index in [1.54, 1.807) is 17.2 Å². The first-order chi connectivity index (χ1) is 8.66. The van der Waals surface area contributed by atoms with Crippen molar-refractivity contribution in [3.8, 4) is 0 Å². The topological polar surface area (TPSA) is 71.6 Å². The summed E-state index contributed by atoms with van der Waals surface area (Å²) in [6, 6.07) is 1.60. The molecule has 1 N–H and O–H groups in total. The van der Waals surface area contributed by atoms with Gasteiger partial charge >= 0.3 is 5.97 Å². The molecule has 1 aliphatic rings. The molecule has 1 aromatic rings. The average molecular weight is 317 g/mol. The van der Waals surface area contributed by atoms with E-state index in [0.717, 1.165) is 4.47 Å². The Labute approximate surface area is 112 Å². The van der Waals surface area contributed by atoms with Gasteiger partial charge in [0.15, 0.2) is 6.61 Å². The number of aromatic nitrogens is 1. The van der Waals surface area contributed by atoms with Crippen LogP contribution in [0.4, 0.5) is 0 Å². The SMILES string of the molecule is O=C(OCC(=O)N1CCOCC1)c1cc(Br)c[nH]1. The molecule has 0 unspecified atom stereocenters. The molecule has 1 amide bonds. The number of esters is 1. The molecule has 1 fully saturated rings. The van der Waals surface area contributed by atoms with Gasteiger partial charge in [0.1, 0.15) is 5.69 Å². The molecule has 1 aliphatic heterocycles. The van der Waals surface area contributed by atoms with E-state index >= 15 is 0 Å². The highest BCUT2D eigenvalue weighted by Gasteiger charge is 2.19. The third-order valence-corrected chi connectivity index (χ3v) is 3.02. The number of ether oxygens (including phenoxy) is 2. The van der Waals surface area contributed by atoms with E-state index in [1.807, 2.05) is 0 Å². The minimum Gasteiger partial charge on any atom is -0.451 e. The zero-order chi connectivity index (χ0) is 13.0. The number of nitrogens with one attached hydrogen (secondary N) is 1. The van der Waals surface area contributed by atoms with Crippen LogP contribution >= 0.6 is 15.9 Å². The van der Waals surface area contributed by atoms with E-state index in [1.165, 1.54) is 0 Å². The van der Waals surface area contributed by atoms with Crippen molar-refractivity contribution in [3.05, 3.63) is 22.4 Å². The van der Waals surface area contributed by atoms with Gasteiger partial charge in [-0.25, -0.2) is 4.79 Å². The number of morpholine rings is 1. The van der Waals surface area contributed by atoms with Crippen LogP contribution < -0.4 is 0 Å². The van der Waals surface area contributed by atoms with Gasteiger partial charge in [0.2, 0.25) is 0 Å². The molecule has 2 rings (SSSR count). The zero-order valence-electron chi connectivity index (χ0n) is 9.65. The van der Waals surface area contributed by atoms with Crippen molar-refractivity contribution in [2.45, 2.75) is 0 Å². The molecule has 0 saturated carbocycles. The van der Waals surface area contributed by atoms with Crippen LogP contribution in [0.15, 0.2) is 16.7 Å². The molecule has 6 nitrogen and oxygen atoms in total. The lowest BCUT2D eigenvalue weighted by atomic mass is 10.4. The summed E-state index contributed by atoms with van der Waals surface area (Å²) in [5, 5.41) is 0. The van der Waals surface area contributed by atoms with Crippen molar-refractivity contribution in [3.63, 3.8) is 0 Å². The fraction of sp³-hybridized carbons (Fsp3) is 0.455. The summed E-state index contributed by atoms with van der Waals surface area (Å²) < 4.78 is 10.8. The smallest absolute Gasteiger partial charge is 0.355 e. The Morgan fingerprint density at radius 2 is 2.17 bits per heavy atom. The minimum atomic E-state index is -0.540. The third-order valence-electron chi connectivity index (χ3n) is 2.56. The summed E-state index contributed by atoms with van der Waals surface area (Å²) in [6.45, 7) is 1.91. The standard InChI is InChI=1S/C11H13BrN2O4/c12-8-5-9(13-6-8)11(16)18-7-10(15)14-1-3-17-4-2-14/h5-6,13H,1-4,7H2. The number of halogens is 1. The number of rotatable bonds is 3. The number of carbonyl (C=O) groups excluding carboxylic acids is 2. The summed E-state index contributed by atoms with van der Waals surface area (Å²) in [4.78, 5) is 27.7. The Balaban J connectivity index is 1.80. The summed E-state index contributed by atoms with van der Waals surface area (Å²) in [7, 11) is 0. The van der Waals surface area contributed by atoms with Gasteiger partial charge in [-0.15, -0.1) is 0 Å². The number of hydrogen-bond donors (Lipinski definition) is 1. The Morgan fingerprint density at radius 1 is 1.44 bits per heavy atom. The number of hydrogen-bond acceptors (Lipinski definition) is 4. The Hall–Kier alpha value is -1.34. The third kappa shape index (κ3) is 3.33. The van der Waals surface area contributed by atoms with Crippen LogP contribution in [-0.4, -0.2) is 54.7 Å². The number of H-pyrrole nitrogens is 1. The summed E-state index contributed by atoms with van der Waals surface area (Å²) in [6.07, 6.45) is 1.63. The molecule has 98 valence electrons. The molecular formula is C11H13BrN2O4. The summed E-state index contributed by atoms with van der Waals surface area (Å²) >= 11 is 3.21. The largest absolute Gasteiger partial charge is 0.451 e. The van der Waals surface area contributed by atoms with Crippen LogP contribution in [0.25, 0.3) is 0 Å². The van der Waals surface area contributed by atoms with Crippen LogP contribution in [0.3, 0.4) is 0 Å². The fourth-order valence-electron chi connectivity index (χ4n) is 1.59. The molecule has 1 aromatic heterocycles. The van der Waals surface area contributed by atoms with Crippen LogP contribution in [0.1, 0.15) is 10.5 Å². The zero-order valence-corrected chi connectivity index (χ0v) is 11.2. The van der Waals surface area contributed by atoms with Crippen molar-refractivity contribution in [1.29, 1.82) is 0 Å². The predicted octanol–water partition coefficient (Wildman–Crippen LogP) is 0.793. The second-order valence-electron chi connectivity index (χ2n) is 3.80. The fourth-order valence-corrected chi connectivity index (χ4v) is 1.94. The normalized spacial score (nSPS) is 15.5. The van der Waals surface area contributed by atoms with Gasteiger partial charge < -0.3 is 19.4 Å². The maximum Gasteiger partial charge on any atom is 0.355 e. The minimum absolute atomic E-state index is 0.197. The molecule has 2 heterocycles. The molecule has 0 radical (unpaired) electrons. The monoisotopic (exact) mass is 316 g/mol. The first-order valence-electron chi connectivity index (χ1n) is 5.53. The number of nitrogens with zero attached hydrogens (tertiary/aromatic N) is 1. The van der Waals surface area contributed by atoms with E-state index in [4.69, 9.17) is 9.47 Å². The first-order valence-corrected chi connectivity index (χ1v) is 6.32. The van der Waals surface area contributed by atoms with E-state index < -0.39 is 5.97 Å². The van der Waals surface area contributed by atoms with Gasteiger partial charge in [-0.1, -0.05) is 0 Å². The van der Waals surface area contributed by atoms with Gasteiger partial charge in [-0.05, 0) is 22.0 Å². The number of amides is 1. The highest BCUT2D eigenvalue weighted by molar-refractivity contribution is 9.10. The second kappa shape index (κ2) is 6.01. The molecule has 0 spiro atoms. The van der Waals surface area contributed by atoms with E-state index in [0.29, 0.717) is 32.0 Å². The quantitative estimate of drug-likeness (QED) is 0.837. The highest BCUT2D eigenvalue weighted by Crippen LogP contribution is 2.11. The summed E-state index contributed by atoms with van der Waals surface area (Å²) in [5.41, 5.74) is 0.316. The van der Waals surface area contributed by atoms with Gasteiger partial charge in [-0.3, -0.25) is 4.79 Å². The van der Waals surface area contributed by atoms with Gasteiger partial charge in [0, 0.05) is 23.8 Å². The van der Waals surface area contributed by atoms with Crippen LogP contribution in [0, 0.1) is 0 Å². The van der Waals surface area contributed by atoms with Crippen LogP contribution in [-0.2, 0) is 14.3 Å². The van der Waals surface area contributed by atoms with Crippen molar-refractivity contribution >= 4 is 27.8 Å². The van der Waals surface area contributed by atoms with Crippen molar-refractivity contribution in [2.75, 3.05) is 32.9 Å². The van der Waals surface area contributed by atoms with Gasteiger partial charge in [0.25, 0.3) is 5.91 Å². The highest BCUT2D eigenvalue weighted by atomic mass is 79.9. The second-order valence-corrected chi connectivity index (χ2v) is 4.72.